The first kappa shape index (κ1) is 11.9. The summed E-state index contributed by atoms with van der Waals surface area (Å²) in [7, 11) is 0. The Morgan fingerprint density at radius 2 is 2.41 bits per heavy atom. The number of rotatable bonds is 3. The number of aryl methyl sites for hydroxylation is 1. The standard InChI is InChI=1S/C12H17N3O2/c1-9-7-10(13)3-4-11(9)14-12(16)8-15-5-2-6-17-15/h3-4,7H,2,5-6,8,13H2,1H3,(H,14,16). The molecule has 1 aliphatic heterocycles. The first-order valence-corrected chi connectivity index (χ1v) is 5.69. The summed E-state index contributed by atoms with van der Waals surface area (Å²) in [5, 5.41) is 4.53. The number of amides is 1. The van der Waals surface area contributed by atoms with Crippen molar-refractivity contribution in [3.63, 3.8) is 0 Å². The van der Waals surface area contributed by atoms with Crippen LogP contribution in [-0.4, -0.2) is 30.7 Å². The Morgan fingerprint density at radius 3 is 3.06 bits per heavy atom. The second-order valence-corrected chi connectivity index (χ2v) is 4.17. The number of hydroxylamine groups is 2. The molecule has 1 aromatic carbocycles. The molecule has 1 aliphatic rings. The highest BCUT2D eigenvalue weighted by molar-refractivity contribution is 5.93. The highest BCUT2D eigenvalue weighted by Crippen LogP contribution is 2.17. The lowest BCUT2D eigenvalue weighted by Gasteiger charge is -2.14. The molecule has 5 heteroatoms. The summed E-state index contributed by atoms with van der Waals surface area (Å²) >= 11 is 0. The van der Waals surface area contributed by atoms with Crippen molar-refractivity contribution in [1.29, 1.82) is 0 Å². The van der Waals surface area contributed by atoms with E-state index in [1.54, 1.807) is 11.1 Å². The summed E-state index contributed by atoms with van der Waals surface area (Å²) < 4.78 is 0. The van der Waals surface area contributed by atoms with Crippen LogP contribution in [0.25, 0.3) is 0 Å². The maximum atomic E-state index is 11.7. The summed E-state index contributed by atoms with van der Waals surface area (Å²) in [6.07, 6.45) is 0.980. The van der Waals surface area contributed by atoms with Crippen LogP contribution >= 0.6 is 0 Å². The molecule has 0 unspecified atom stereocenters. The molecule has 0 saturated carbocycles. The van der Waals surface area contributed by atoms with Gasteiger partial charge < -0.3 is 11.1 Å². The lowest BCUT2D eigenvalue weighted by atomic mass is 10.2. The predicted molar refractivity (Wildman–Crippen MR) is 66.4 cm³/mol. The zero-order valence-electron chi connectivity index (χ0n) is 9.90. The minimum absolute atomic E-state index is 0.0697. The molecule has 1 heterocycles. The average molecular weight is 235 g/mol. The van der Waals surface area contributed by atoms with E-state index in [0.29, 0.717) is 12.3 Å². The summed E-state index contributed by atoms with van der Waals surface area (Å²) in [6, 6.07) is 5.42. The van der Waals surface area contributed by atoms with Crippen molar-refractivity contribution in [2.75, 3.05) is 30.7 Å². The Morgan fingerprint density at radius 1 is 1.59 bits per heavy atom. The number of nitrogen functional groups attached to an aromatic ring is 1. The molecule has 1 aromatic rings. The number of hydrogen-bond acceptors (Lipinski definition) is 4. The van der Waals surface area contributed by atoms with Gasteiger partial charge in [-0.15, -0.1) is 0 Å². The summed E-state index contributed by atoms with van der Waals surface area (Å²) in [4.78, 5) is 17.0. The maximum absolute atomic E-state index is 11.7. The Kier molecular flexibility index (Phi) is 3.61. The van der Waals surface area contributed by atoms with E-state index in [1.807, 2.05) is 19.1 Å². The van der Waals surface area contributed by atoms with Crippen molar-refractivity contribution in [3.8, 4) is 0 Å². The van der Waals surface area contributed by atoms with Crippen LogP contribution in [-0.2, 0) is 9.63 Å². The number of nitrogens with two attached hydrogens (primary N) is 1. The summed E-state index contributed by atoms with van der Waals surface area (Å²) in [5.41, 5.74) is 8.10. The highest BCUT2D eigenvalue weighted by Gasteiger charge is 2.16. The molecular weight excluding hydrogens is 218 g/mol. The molecule has 5 nitrogen and oxygen atoms in total. The summed E-state index contributed by atoms with van der Waals surface area (Å²) in [6.45, 7) is 3.70. The molecule has 0 radical (unpaired) electrons. The van der Waals surface area contributed by atoms with Crippen molar-refractivity contribution in [2.24, 2.45) is 0 Å². The van der Waals surface area contributed by atoms with Crippen molar-refractivity contribution >= 4 is 17.3 Å². The third-order valence-corrected chi connectivity index (χ3v) is 2.67. The van der Waals surface area contributed by atoms with Crippen LogP contribution in [0.5, 0.6) is 0 Å². The molecule has 3 N–H and O–H groups in total. The molecule has 0 spiro atoms. The van der Waals surface area contributed by atoms with E-state index in [0.717, 1.165) is 24.2 Å². The first-order valence-electron chi connectivity index (χ1n) is 5.69. The lowest BCUT2D eigenvalue weighted by molar-refractivity contribution is -0.137. The first-order chi connectivity index (χ1) is 8.15. The van der Waals surface area contributed by atoms with Gasteiger partial charge in [0.25, 0.3) is 0 Å². The molecule has 1 fully saturated rings. The van der Waals surface area contributed by atoms with Crippen molar-refractivity contribution in [1.82, 2.24) is 5.06 Å². The number of carbonyl (C=O) groups excluding carboxylic acids is 1. The normalized spacial score (nSPS) is 16.1. The number of anilines is 2. The molecule has 2 rings (SSSR count). The van der Waals surface area contributed by atoms with Crippen molar-refractivity contribution in [3.05, 3.63) is 23.8 Å². The van der Waals surface area contributed by atoms with E-state index in [1.165, 1.54) is 0 Å². The van der Waals surface area contributed by atoms with Crippen molar-refractivity contribution < 1.29 is 9.63 Å². The van der Waals surface area contributed by atoms with Crippen LogP contribution in [0.2, 0.25) is 0 Å². The van der Waals surface area contributed by atoms with Gasteiger partial charge in [-0.25, -0.2) is 0 Å². The number of nitrogens with zero attached hydrogens (tertiary/aromatic N) is 1. The third-order valence-electron chi connectivity index (χ3n) is 2.67. The largest absolute Gasteiger partial charge is 0.399 e. The van der Waals surface area contributed by atoms with Crippen LogP contribution < -0.4 is 11.1 Å². The minimum Gasteiger partial charge on any atom is -0.399 e. The number of hydrogen-bond donors (Lipinski definition) is 2. The van der Waals surface area contributed by atoms with Gasteiger partial charge in [0.2, 0.25) is 5.91 Å². The van der Waals surface area contributed by atoms with Gasteiger partial charge in [0.05, 0.1) is 6.61 Å². The summed E-state index contributed by atoms with van der Waals surface area (Å²) in [5.74, 6) is -0.0697. The Hall–Kier alpha value is -1.59. The minimum atomic E-state index is -0.0697. The fraction of sp³-hybridized carbons (Fsp3) is 0.417. The van der Waals surface area contributed by atoms with Gasteiger partial charge in [-0.1, -0.05) is 0 Å². The molecular formula is C12H17N3O2. The SMILES string of the molecule is Cc1cc(N)ccc1NC(=O)CN1CCCO1. The van der Waals surface area contributed by atoms with Crippen LogP contribution in [0, 0.1) is 6.92 Å². The van der Waals surface area contributed by atoms with Gasteiger partial charge in [0, 0.05) is 17.9 Å². The van der Waals surface area contributed by atoms with E-state index in [4.69, 9.17) is 10.6 Å². The van der Waals surface area contributed by atoms with Gasteiger partial charge in [-0.3, -0.25) is 9.63 Å². The quantitative estimate of drug-likeness (QED) is 0.771. The van der Waals surface area contributed by atoms with Crippen LogP contribution in [0.4, 0.5) is 11.4 Å². The zero-order chi connectivity index (χ0) is 12.3. The van der Waals surface area contributed by atoms with Gasteiger partial charge in [0.15, 0.2) is 0 Å². The van der Waals surface area contributed by atoms with E-state index in [-0.39, 0.29) is 12.5 Å². The number of carbonyl (C=O) groups is 1. The monoisotopic (exact) mass is 235 g/mol. The second kappa shape index (κ2) is 5.16. The van der Waals surface area contributed by atoms with E-state index >= 15 is 0 Å². The van der Waals surface area contributed by atoms with E-state index in [2.05, 4.69) is 5.32 Å². The van der Waals surface area contributed by atoms with Gasteiger partial charge >= 0.3 is 0 Å². The second-order valence-electron chi connectivity index (χ2n) is 4.17. The predicted octanol–water partition coefficient (Wildman–Crippen LogP) is 1.15. The Bertz CT molecular complexity index is 414. The van der Waals surface area contributed by atoms with E-state index in [9.17, 15) is 4.79 Å². The molecule has 1 saturated heterocycles. The zero-order valence-corrected chi connectivity index (χ0v) is 9.90. The fourth-order valence-electron chi connectivity index (χ4n) is 1.80. The smallest absolute Gasteiger partial charge is 0.241 e. The topological polar surface area (TPSA) is 67.6 Å². The third kappa shape index (κ3) is 3.18. The lowest BCUT2D eigenvalue weighted by Crippen LogP contribution is -2.30. The maximum Gasteiger partial charge on any atom is 0.241 e. The number of nitrogens with one attached hydrogen (secondary N) is 1. The van der Waals surface area contributed by atoms with Crippen molar-refractivity contribution in [2.45, 2.75) is 13.3 Å². The molecule has 17 heavy (non-hydrogen) atoms. The van der Waals surface area contributed by atoms with Gasteiger partial charge in [-0.05, 0) is 37.1 Å². The molecule has 0 bridgehead atoms. The number of benzene rings is 1. The van der Waals surface area contributed by atoms with E-state index < -0.39 is 0 Å². The van der Waals surface area contributed by atoms with Gasteiger partial charge in [-0.2, -0.15) is 5.06 Å². The molecule has 0 aliphatic carbocycles. The highest BCUT2D eigenvalue weighted by atomic mass is 16.7. The average Bonchev–Trinajstić information content (AvgIpc) is 2.75. The molecule has 1 amide bonds. The fourth-order valence-corrected chi connectivity index (χ4v) is 1.80. The molecule has 0 aromatic heterocycles. The Balaban J connectivity index is 1.93. The van der Waals surface area contributed by atoms with Crippen LogP contribution in [0.1, 0.15) is 12.0 Å². The Labute approximate surface area is 100 Å². The molecule has 0 atom stereocenters. The van der Waals surface area contributed by atoms with Crippen LogP contribution in [0.3, 0.4) is 0 Å². The van der Waals surface area contributed by atoms with Crippen LogP contribution in [0.15, 0.2) is 18.2 Å². The molecule has 92 valence electrons. The van der Waals surface area contributed by atoms with Gasteiger partial charge in [0.1, 0.15) is 6.54 Å².